The Morgan fingerprint density at radius 3 is 1.71 bits per heavy atom. The number of unbranched alkanes of at least 4 members (excludes halogenated alkanes) is 3. The van der Waals surface area contributed by atoms with Gasteiger partial charge in [-0.15, -0.1) is 11.6 Å². The molecular weight excluding hydrogens is 388 g/mol. The summed E-state index contributed by atoms with van der Waals surface area (Å²) in [5.41, 5.74) is 2.44. The van der Waals surface area contributed by atoms with Crippen molar-refractivity contribution in [2.24, 2.45) is 0 Å². The summed E-state index contributed by atoms with van der Waals surface area (Å²) >= 11 is 6.51. The minimum Gasteiger partial charge on any atom is -0.373 e. The van der Waals surface area contributed by atoms with Crippen molar-refractivity contribution in [3.63, 3.8) is 0 Å². The monoisotopic (exact) mass is 428 g/mol. The van der Waals surface area contributed by atoms with Crippen LogP contribution in [0.15, 0.2) is 24.3 Å². The highest BCUT2D eigenvalue weighted by Crippen LogP contribution is 2.33. The number of hydrogen-bond acceptors (Lipinski definition) is 3. The predicted octanol–water partition coefficient (Wildman–Crippen LogP) is 7.41. The number of hydrogen-bond donors (Lipinski definition) is 0. The Morgan fingerprint density at radius 2 is 1.29 bits per heavy atom. The lowest BCUT2D eigenvalue weighted by atomic mass is 10.0. The third-order valence-corrected chi connectivity index (χ3v) is 8.84. The molecule has 0 N–H and O–H groups in total. The van der Waals surface area contributed by atoms with Gasteiger partial charge in [0.2, 0.25) is 0 Å². The Hall–Kier alpha value is -0.393. The second-order valence-corrected chi connectivity index (χ2v) is 10.9. The van der Waals surface area contributed by atoms with Crippen LogP contribution in [-0.4, -0.2) is 28.6 Å². The molecule has 2 unspecified atom stereocenters. The van der Waals surface area contributed by atoms with E-state index >= 15 is 0 Å². The van der Waals surface area contributed by atoms with Crippen molar-refractivity contribution in [3.8, 4) is 0 Å². The standard InChI is InChI=1S/C23H41ClO3Si/c1-6-10-16-25-28(26-17-11-7-2,27-18-12-8-3)20(5)21-14-13-15-22(19-21)23(24)9-4/h13-15,19-20,23H,6-12,16-18H2,1-5H3. The van der Waals surface area contributed by atoms with Crippen molar-refractivity contribution in [1.82, 2.24) is 0 Å². The van der Waals surface area contributed by atoms with Crippen LogP contribution in [0.3, 0.4) is 0 Å². The smallest absolute Gasteiger partial charge is 0.373 e. The average Bonchev–Trinajstić information content (AvgIpc) is 2.72. The van der Waals surface area contributed by atoms with Crippen LogP contribution in [0.4, 0.5) is 0 Å². The molecule has 0 fully saturated rings. The van der Waals surface area contributed by atoms with Crippen molar-refractivity contribution in [2.75, 3.05) is 19.8 Å². The molecule has 1 aromatic rings. The van der Waals surface area contributed by atoms with Crippen LogP contribution >= 0.6 is 11.6 Å². The second-order valence-electron chi connectivity index (χ2n) is 7.48. The van der Waals surface area contributed by atoms with E-state index in [4.69, 9.17) is 24.9 Å². The summed E-state index contributed by atoms with van der Waals surface area (Å²) in [4.78, 5) is 0. The van der Waals surface area contributed by atoms with E-state index < -0.39 is 8.80 Å². The van der Waals surface area contributed by atoms with Crippen molar-refractivity contribution in [3.05, 3.63) is 35.4 Å². The molecule has 28 heavy (non-hydrogen) atoms. The average molecular weight is 429 g/mol. The van der Waals surface area contributed by atoms with Gasteiger partial charge in [0.15, 0.2) is 0 Å². The summed E-state index contributed by atoms with van der Waals surface area (Å²) in [5.74, 6) is 0. The van der Waals surface area contributed by atoms with Crippen LogP contribution in [0.5, 0.6) is 0 Å². The van der Waals surface area contributed by atoms with Crippen molar-refractivity contribution >= 4 is 20.4 Å². The van der Waals surface area contributed by atoms with Gasteiger partial charge in [0.25, 0.3) is 0 Å². The van der Waals surface area contributed by atoms with Crippen LogP contribution in [0.1, 0.15) is 102 Å². The zero-order valence-corrected chi connectivity index (χ0v) is 20.4. The molecule has 0 aliphatic carbocycles. The Bertz CT molecular complexity index is 500. The number of rotatable bonds is 16. The van der Waals surface area contributed by atoms with Crippen LogP contribution in [0.2, 0.25) is 0 Å². The molecule has 0 spiro atoms. The fourth-order valence-electron chi connectivity index (χ4n) is 3.04. The summed E-state index contributed by atoms with van der Waals surface area (Å²) in [5, 5.41) is 0.0336. The molecule has 0 aromatic heterocycles. The maximum Gasteiger partial charge on any atom is 0.508 e. The highest BCUT2D eigenvalue weighted by atomic mass is 35.5. The van der Waals surface area contributed by atoms with Gasteiger partial charge in [-0.2, -0.15) is 0 Å². The Morgan fingerprint density at radius 1 is 0.821 bits per heavy atom. The molecule has 0 saturated heterocycles. The van der Waals surface area contributed by atoms with E-state index in [1.54, 1.807) is 0 Å². The van der Waals surface area contributed by atoms with Crippen LogP contribution in [-0.2, 0) is 13.3 Å². The lowest BCUT2D eigenvalue weighted by Crippen LogP contribution is -2.51. The van der Waals surface area contributed by atoms with Gasteiger partial charge >= 0.3 is 8.80 Å². The molecule has 0 saturated carbocycles. The molecule has 0 aliphatic heterocycles. The van der Waals surface area contributed by atoms with Gasteiger partial charge in [0.1, 0.15) is 0 Å². The van der Waals surface area contributed by atoms with Gasteiger partial charge in [-0.25, -0.2) is 0 Å². The zero-order valence-electron chi connectivity index (χ0n) is 18.6. The lowest BCUT2D eigenvalue weighted by Gasteiger charge is -2.35. The lowest BCUT2D eigenvalue weighted by molar-refractivity contribution is 0.0488. The van der Waals surface area contributed by atoms with E-state index in [1.165, 1.54) is 5.56 Å². The molecule has 3 nitrogen and oxygen atoms in total. The van der Waals surface area contributed by atoms with Gasteiger partial charge in [0, 0.05) is 19.8 Å². The Kier molecular flexibility index (Phi) is 13.3. The molecule has 0 bridgehead atoms. The summed E-state index contributed by atoms with van der Waals surface area (Å²) in [6.07, 6.45) is 7.28. The van der Waals surface area contributed by atoms with Crippen molar-refractivity contribution < 1.29 is 13.3 Å². The Labute approximate surface area is 179 Å². The normalized spacial score (nSPS) is 14.2. The van der Waals surface area contributed by atoms with Gasteiger partial charge < -0.3 is 13.3 Å². The van der Waals surface area contributed by atoms with E-state index in [0.29, 0.717) is 19.8 Å². The predicted molar refractivity (Wildman–Crippen MR) is 122 cm³/mol. The summed E-state index contributed by atoms with van der Waals surface area (Å²) < 4.78 is 19.4. The first kappa shape index (κ1) is 25.6. The molecule has 1 aromatic carbocycles. The molecule has 162 valence electrons. The molecule has 2 atom stereocenters. The number of halogens is 1. The first-order valence-corrected chi connectivity index (χ1v) is 13.4. The number of alkyl halides is 1. The van der Waals surface area contributed by atoms with Gasteiger partial charge in [-0.1, -0.05) is 78.1 Å². The molecule has 0 amide bonds. The van der Waals surface area contributed by atoms with E-state index in [0.717, 1.165) is 50.5 Å². The minimum atomic E-state index is -2.86. The van der Waals surface area contributed by atoms with E-state index in [1.807, 2.05) is 0 Å². The molecule has 1 rings (SSSR count). The highest BCUT2D eigenvalue weighted by molar-refractivity contribution is 6.62. The molecule has 5 heteroatoms. The fraction of sp³-hybridized carbons (Fsp3) is 0.739. The fourth-order valence-corrected chi connectivity index (χ4v) is 6.05. The first-order chi connectivity index (χ1) is 13.5. The quantitative estimate of drug-likeness (QED) is 0.156. The molecular formula is C23H41ClO3Si. The molecule has 0 radical (unpaired) electrons. The zero-order chi connectivity index (χ0) is 20.8. The van der Waals surface area contributed by atoms with Gasteiger partial charge in [-0.05, 0) is 36.8 Å². The third kappa shape index (κ3) is 8.15. The van der Waals surface area contributed by atoms with E-state index in [-0.39, 0.29) is 10.9 Å². The van der Waals surface area contributed by atoms with Crippen LogP contribution in [0.25, 0.3) is 0 Å². The molecule has 0 aliphatic rings. The minimum absolute atomic E-state index is 0.0336. The van der Waals surface area contributed by atoms with E-state index in [9.17, 15) is 0 Å². The van der Waals surface area contributed by atoms with Crippen LogP contribution in [0, 0.1) is 0 Å². The highest BCUT2D eigenvalue weighted by Gasteiger charge is 2.48. The second kappa shape index (κ2) is 14.6. The van der Waals surface area contributed by atoms with Crippen molar-refractivity contribution in [1.29, 1.82) is 0 Å². The molecule has 0 heterocycles. The van der Waals surface area contributed by atoms with E-state index in [2.05, 4.69) is 58.9 Å². The largest absolute Gasteiger partial charge is 0.508 e. The SMILES string of the molecule is CCCCO[Si](OCCCC)(OCCCC)C(C)c1cccc(C(Cl)CC)c1. The van der Waals surface area contributed by atoms with Crippen molar-refractivity contribution in [2.45, 2.75) is 90.5 Å². The summed E-state index contributed by atoms with van der Waals surface area (Å²) in [7, 11) is -2.86. The Balaban J connectivity index is 3.15. The number of benzene rings is 1. The maximum atomic E-state index is 6.51. The summed E-state index contributed by atoms with van der Waals surface area (Å²) in [6.45, 7) is 12.9. The van der Waals surface area contributed by atoms with Gasteiger partial charge in [-0.3, -0.25) is 0 Å². The maximum absolute atomic E-state index is 6.51. The third-order valence-electron chi connectivity index (χ3n) is 5.06. The van der Waals surface area contributed by atoms with Gasteiger partial charge in [0.05, 0.1) is 10.9 Å². The van der Waals surface area contributed by atoms with Crippen LogP contribution < -0.4 is 0 Å². The first-order valence-electron chi connectivity index (χ1n) is 11.2. The topological polar surface area (TPSA) is 27.7 Å². The summed E-state index contributed by atoms with van der Waals surface area (Å²) in [6, 6.07) is 8.57.